The summed E-state index contributed by atoms with van der Waals surface area (Å²) in [4.78, 5) is 31.7. The monoisotopic (exact) mass is 352 g/mol. The summed E-state index contributed by atoms with van der Waals surface area (Å²) in [6.07, 6.45) is -0.970. The lowest BCUT2D eigenvalue weighted by molar-refractivity contribution is -0.157. The average molecular weight is 352 g/mol. The zero-order valence-electron chi connectivity index (χ0n) is 14.6. The molecular formula is C20H20N2O4. The van der Waals surface area contributed by atoms with Crippen LogP contribution in [0.2, 0.25) is 0 Å². The fourth-order valence-corrected chi connectivity index (χ4v) is 2.56. The number of nitrogens with one attached hydrogen (secondary N) is 1. The van der Waals surface area contributed by atoms with Gasteiger partial charge in [0.2, 0.25) is 0 Å². The van der Waals surface area contributed by atoms with E-state index in [1.807, 2.05) is 25.1 Å². The number of esters is 1. The van der Waals surface area contributed by atoms with Crippen molar-refractivity contribution in [3.63, 3.8) is 0 Å². The van der Waals surface area contributed by atoms with Gasteiger partial charge in [0, 0.05) is 0 Å². The van der Waals surface area contributed by atoms with E-state index >= 15 is 0 Å². The van der Waals surface area contributed by atoms with Crippen molar-refractivity contribution in [3.8, 4) is 5.75 Å². The number of carbonyl (C=O) groups excluding carboxylic acids is 1. The molecule has 6 heteroatoms. The van der Waals surface area contributed by atoms with Crippen LogP contribution < -0.4 is 10.3 Å². The second-order valence-corrected chi connectivity index (χ2v) is 5.88. The predicted octanol–water partition coefficient (Wildman–Crippen LogP) is 3.38. The number of benzene rings is 2. The van der Waals surface area contributed by atoms with Gasteiger partial charge >= 0.3 is 5.97 Å². The average Bonchev–Trinajstić information content (AvgIpc) is 2.66. The number of H-pyrrole nitrogens is 1. The quantitative estimate of drug-likeness (QED) is 0.688. The van der Waals surface area contributed by atoms with Gasteiger partial charge < -0.3 is 14.5 Å². The molecular weight excluding hydrogens is 332 g/mol. The smallest absolute Gasteiger partial charge is 0.348 e. The second kappa shape index (κ2) is 7.82. The van der Waals surface area contributed by atoms with E-state index in [4.69, 9.17) is 9.47 Å². The lowest BCUT2D eigenvalue weighted by atomic mass is 10.2. The van der Waals surface area contributed by atoms with E-state index in [1.54, 1.807) is 43.3 Å². The van der Waals surface area contributed by atoms with Crippen LogP contribution in [0.25, 0.3) is 10.9 Å². The molecule has 134 valence electrons. The van der Waals surface area contributed by atoms with Crippen LogP contribution in [0, 0.1) is 0 Å². The van der Waals surface area contributed by atoms with Crippen molar-refractivity contribution in [3.05, 3.63) is 70.8 Å². The van der Waals surface area contributed by atoms with E-state index < -0.39 is 18.2 Å². The summed E-state index contributed by atoms with van der Waals surface area (Å²) in [5.41, 5.74) is 0.294. The van der Waals surface area contributed by atoms with Crippen molar-refractivity contribution in [1.29, 1.82) is 0 Å². The van der Waals surface area contributed by atoms with Crippen LogP contribution in [0.1, 0.15) is 32.2 Å². The first-order valence-corrected chi connectivity index (χ1v) is 8.49. The van der Waals surface area contributed by atoms with E-state index in [1.165, 1.54) is 0 Å². The Morgan fingerprint density at radius 1 is 1.12 bits per heavy atom. The van der Waals surface area contributed by atoms with Gasteiger partial charge in [-0.25, -0.2) is 9.78 Å². The number of hydrogen-bond acceptors (Lipinski definition) is 5. The van der Waals surface area contributed by atoms with Crippen molar-refractivity contribution >= 4 is 16.9 Å². The largest absolute Gasteiger partial charge is 0.479 e. The molecule has 0 saturated heterocycles. The van der Waals surface area contributed by atoms with Crippen LogP contribution in [0.3, 0.4) is 0 Å². The number of aromatic amines is 1. The third-order valence-electron chi connectivity index (χ3n) is 3.96. The Kier molecular flexibility index (Phi) is 5.31. The van der Waals surface area contributed by atoms with Crippen LogP contribution >= 0.6 is 0 Å². The van der Waals surface area contributed by atoms with Crippen LogP contribution in [0.5, 0.6) is 5.75 Å². The number of para-hydroxylation sites is 2. The van der Waals surface area contributed by atoms with Gasteiger partial charge in [0.05, 0.1) is 10.9 Å². The van der Waals surface area contributed by atoms with Crippen molar-refractivity contribution < 1.29 is 14.3 Å². The number of nitrogens with zero attached hydrogens (tertiary/aromatic N) is 1. The van der Waals surface area contributed by atoms with Gasteiger partial charge in [-0.1, -0.05) is 37.3 Å². The molecule has 0 spiro atoms. The van der Waals surface area contributed by atoms with Gasteiger partial charge in [-0.2, -0.15) is 0 Å². The molecule has 1 aromatic heterocycles. The standard InChI is InChI=1S/C20H20N2O4/c1-3-17(26-14-9-5-4-6-10-14)20(24)25-13(2)18-21-16-12-8-7-11-15(16)19(23)22-18/h4-13,17H,3H2,1-2H3,(H,21,22,23)/t13-,17-/m0/s1. The molecule has 0 radical (unpaired) electrons. The summed E-state index contributed by atoms with van der Waals surface area (Å²) in [7, 11) is 0. The van der Waals surface area contributed by atoms with E-state index in [0.717, 1.165) is 0 Å². The zero-order chi connectivity index (χ0) is 18.5. The molecule has 2 aromatic carbocycles. The Labute approximate surface area is 150 Å². The fourth-order valence-electron chi connectivity index (χ4n) is 2.56. The molecule has 0 bridgehead atoms. The Hall–Kier alpha value is -3.15. The van der Waals surface area contributed by atoms with Gasteiger partial charge in [-0.3, -0.25) is 4.79 Å². The van der Waals surface area contributed by atoms with Gasteiger partial charge in [0.15, 0.2) is 18.0 Å². The maximum Gasteiger partial charge on any atom is 0.348 e. The normalized spacial score (nSPS) is 13.2. The molecule has 0 amide bonds. The molecule has 26 heavy (non-hydrogen) atoms. The van der Waals surface area contributed by atoms with Crippen molar-refractivity contribution in [1.82, 2.24) is 9.97 Å². The second-order valence-electron chi connectivity index (χ2n) is 5.88. The molecule has 0 saturated carbocycles. The van der Waals surface area contributed by atoms with Crippen LogP contribution in [0.4, 0.5) is 0 Å². The summed E-state index contributed by atoms with van der Waals surface area (Å²) in [6.45, 7) is 3.51. The molecule has 0 aliphatic rings. The minimum atomic E-state index is -0.730. The third-order valence-corrected chi connectivity index (χ3v) is 3.96. The summed E-state index contributed by atoms with van der Waals surface area (Å²) < 4.78 is 11.2. The lowest BCUT2D eigenvalue weighted by Gasteiger charge is -2.19. The van der Waals surface area contributed by atoms with E-state index in [0.29, 0.717) is 28.9 Å². The maximum absolute atomic E-state index is 12.4. The summed E-state index contributed by atoms with van der Waals surface area (Å²) >= 11 is 0. The van der Waals surface area contributed by atoms with Gasteiger partial charge in [-0.05, 0) is 37.6 Å². The summed E-state index contributed by atoms with van der Waals surface area (Å²) in [5.74, 6) is 0.400. The summed E-state index contributed by atoms with van der Waals surface area (Å²) in [5, 5.41) is 0.494. The molecule has 3 aromatic rings. The molecule has 0 fully saturated rings. The third kappa shape index (κ3) is 3.91. The van der Waals surface area contributed by atoms with E-state index in [9.17, 15) is 9.59 Å². The number of carbonyl (C=O) groups is 1. The van der Waals surface area contributed by atoms with Gasteiger partial charge in [-0.15, -0.1) is 0 Å². The topological polar surface area (TPSA) is 81.3 Å². The maximum atomic E-state index is 12.4. The molecule has 0 aliphatic heterocycles. The van der Waals surface area contributed by atoms with Crippen molar-refractivity contribution in [2.45, 2.75) is 32.5 Å². The minimum Gasteiger partial charge on any atom is -0.479 e. The van der Waals surface area contributed by atoms with Gasteiger partial charge in [0.1, 0.15) is 5.75 Å². The highest BCUT2D eigenvalue weighted by atomic mass is 16.6. The Morgan fingerprint density at radius 2 is 1.81 bits per heavy atom. The van der Waals surface area contributed by atoms with Crippen LogP contribution in [-0.2, 0) is 9.53 Å². The number of rotatable bonds is 6. The molecule has 0 aliphatic carbocycles. The van der Waals surface area contributed by atoms with Gasteiger partial charge in [0.25, 0.3) is 5.56 Å². The van der Waals surface area contributed by atoms with E-state index in [-0.39, 0.29) is 5.56 Å². The fraction of sp³-hybridized carbons (Fsp3) is 0.250. The van der Waals surface area contributed by atoms with Crippen LogP contribution in [0.15, 0.2) is 59.4 Å². The zero-order valence-corrected chi connectivity index (χ0v) is 14.6. The first kappa shape index (κ1) is 17.7. The molecule has 1 N–H and O–H groups in total. The lowest BCUT2D eigenvalue weighted by Crippen LogP contribution is -2.30. The Bertz CT molecular complexity index is 953. The number of aromatic nitrogens is 2. The van der Waals surface area contributed by atoms with Crippen molar-refractivity contribution in [2.75, 3.05) is 0 Å². The molecule has 2 atom stereocenters. The number of ether oxygens (including phenoxy) is 2. The molecule has 3 rings (SSSR count). The highest BCUT2D eigenvalue weighted by Gasteiger charge is 2.24. The first-order chi connectivity index (χ1) is 12.6. The van der Waals surface area contributed by atoms with E-state index in [2.05, 4.69) is 9.97 Å². The predicted molar refractivity (Wildman–Crippen MR) is 98.0 cm³/mol. The summed E-state index contributed by atoms with van der Waals surface area (Å²) in [6, 6.07) is 16.1. The SMILES string of the molecule is CC[C@H](Oc1ccccc1)C(=O)O[C@@H](C)c1nc2ccccc2c(=O)[nH]1. The Balaban J connectivity index is 1.75. The highest BCUT2D eigenvalue weighted by molar-refractivity contribution is 5.77. The first-order valence-electron chi connectivity index (χ1n) is 8.49. The Morgan fingerprint density at radius 3 is 2.54 bits per heavy atom. The number of fused-ring (bicyclic) bond motifs is 1. The van der Waals surface area contributed by atoms with Crippen LogP contribution in [-0.4, -0.2) is 22.0 Å². The highest BCUT2D eigenvalue weighted by Crippen LogP contribution is 2.18. The molecule has 6 nitrogen and oxygen atoms in total. The number of hydrogen-bond donors (Lipinski definition) is 1. The van der Waals surface area contributed by atoms with Crippen molar-refractivity contribution in [2.24, 2.45) is 0 Å². The minimum absolute atomic E-state index is 0.263. The molecule has 1 heterocycles. The molecule has 0 unspecified atom stereocenters.